The van der Waals surface area contributed by atoms with Crippen molar-refractivity contribution in [1.82, 2.24) is 14.7 Å². The predicted molar refractivity (Wildman–Crippen MR) is 105 cm³/mol. The van der Waals surface area contributed by atoms with Crippen LogP contribution in [-0.2, 0) is 17.5 Å². The lowest BCUT2D eigenvalue weighted by Crippen LogP contribution is -2.49. The zero-order valence-corrected chi connectivity index (χ0v) is 16.7. The van der Waals surface area contributed by atoms with Gasteiger partial charge >= 0.3 is 6.18 Å². The van der Waals surface area contributed by atoms with Gasteiger partial charge in [0.05, 0.1) is 23.8 Å². The fourth-order valence-corrected chi connectivity index (χ4v) is 4.66. The summed E-state index contributed by atoms with van der Waals surface area (Å²) < 4.78 is 41.6. The number of fused-ring (bicyclic) bond motifs is 1. The van der Waals surface area contributed by atoms with Crippen LogP contribution < -0.4 is 4.90 Å². The molecular weight excluding hydrogens is 411 g/mol. The molecule has 0 radical (unpaired) electrons. The van der Waals surface area contributed by atoms with Crippen molar-refractivity contribution < 1.29 is 23.1 Å². The summed E-state index contributed by atoms with van der Waals surface area (Å²) in [6.45, 7) is 1.76. The first-order chi connectivity index (χ1) is 14.8. The number of anilines is 1. The largest absolute Gasteiger partial charge is 0.417 e. The topological polar surface area (TPSA) is 85.4 Å². The van der Waals surface area contributed by atoms with E-state index in [2.05, 4.69) is 5.10 Å². The molecule has 10 heteroatoms. The molecule has 1 aromatic heterocycles. The minimum absolute atomic E-state index is 0.0715. The second kappa shape index (κ2) is 7.89. The molecule has 4 rings (SSSR count). The van der Waals surface area contributed by atoms with Crippen molar-refractivity contribution in [2.24, 2.45) is 11.3 Å². The molecule has 2 atom stereocenters. The van der Waals surface area contributed by atoms with Gasteiger partial charge in [-0.1, -0.05) is 0 Å². The number of aliphatic hydroxyl groups excluding tert-OH is 1. The zero-order chi connectivity index (χ0) is 22.2. The second-order valence-electron chi connectivity index (χ2n) is 8.23. The van der Waals surface area contributed by atoms with E-state index in [1.165, 1.54) is 16.8 Å². The van der Waals surface area contributed by atoms with Gasteiger partial charge in [-0.2, -0.15) is 23.5 Å². The molecule has 0 aliphatic carbocycles. The molecule has 7 nitrogen and oxygen atoms in total. The number of rotatable bonds is 4. The fourth-order valence-electron chi connectivity index (χ4n) is 4.66. The maximum atomic E-state index is 13.4. The fraction of sp³-hybridized carbons (Fsp3) is 0.476. The van der Waals surface area contributed by atoms with Gasteiger partial charge in [0.25, 0.3) is 0 Å². The van der Waals surface area contributed by atoms with Gasteiger partial charge in [0.1, 0.15) is 6.54 Å². The van der Waals surface area contributed by atoms with E-state index < -0.39 is 22.7 Å². The van der Waals surface area contributed by atoms with Crippen molar-refractivity contribution in [2.45, 2.75) is 19.1 Å². The maximum Gasteiger partial charge on any atom is 0.417 e. The molecule has 2 aromatic rings. The summed E-state index contributed by atoms with van der Waals surface area (Å²) in [5.41, 5.74) is -1.43. The average molecular weight is 433 g/mol. The number of aromatic nitrogens is 2. The summed E-state index contributed by atoms with van der Waals surface area (Å²) in [5.74, 6) is -0.173. The summed E-state index contributed by atoms with van der Waals surface area (Å²) in [6, 6.07) is 7.06. The molecule has 0 spiro atoms. The molecule has 1 aromatic carbocycles. The standard InChI is InChI=1S/C21H22F3N5O2/c22-21(23,24)18-8-17(3-2-15(18)9-25)27-7-4-20(14-30)13-28(11-16(20)10-27)19(31)12-29-6-1-5-26-29/h1-3,5-6,8,16,30H,4,7,10-14H2/t16-,20+/m1/s1. The van der Waals surface area contributed by atoms with Crippen molar-refractivity contribution in [3.63, 3.8) is 0 Å². The van der Waals surface area contributed by atoms with Crippen molar-refractivity contribution in [3.8, 4) is 6.07 Å². The molecule has 2 aliphatic rings. The first kappa shape index (κ1) is 21.2. The summed E-state index contributed by atoms with van der Waals surface area (Å²) in [6.07, 6.45) is -0.763. The highest BCUT2D eigenvalue weighted by Crippen LogP contribution is 2.44. The number of hydrogen-bond donors (Lipinski definition) is 1. The third kappa shape index (κ3) is 3.97. The van der Waals surface area contributed by atoms with Gasteiger partial charge in [0, 0.05) is 55.6 Å². The Balaban J connectivity index is 1.52. The van der Waals surface area contributed by atoms with Gasteiger partial charge in [-0.05, 0) is 30.7 Å². The van der Waals surface area contributed by atoms with Crippen LogP contribution in [0.25, 0.3) is 0 Å². The van der Waals surface area contributed by atoms with E-state index in [1.54, 1.807) is 29.4 Å². The highest BCUT2D eigenvalue weighted by Gasteiger charge is 2.50. The summed E-state index contributed by atoms with van der Waals surface area (Å²) in [7, 11) is 0. The number of alkyl halides is 3. The first-order valence-electron chi connectivity index (χ1n) is 9.98. The van der Waals surface area contributed by atoms with E-state index in [4.69, 9.17) is 5.26 Å². The molecule has 1 N–H and O–H groups in total. The Kier molecular flexibility index (Phi) is 5.39. The highest BCUT2D eigenvalue weighted by atomic mass is 19.4. The zero-order valence-electron chi connectivity index (χ0n) is 16.7. The Labute approximate surface area is 177 Å². The Morgan fingerprint density at radius 3 is 2.81 bits per heavy atom. The minimum Gasteiger partial charge on any atom is -0.396 e. The monoisotopic (exact) mass is 433 g/mol. The molecular formula is C21H22F3N5O2. The number of hydrogen-bond acceptors (Lipinski definition) is 5. The number of amides is 1. The van der Waals surface area contributed by atoms with Crippen LogP contribution in [0.4, 0.5) is 18.9 Å². The van der Waals surface area contributed by atoms with Crippen LogP contribution in [0.2, 0.25) is 0 Å². The lowest BCUT2D eigenvalue weighted by atomic mass is 9.73. The summed E-state index contributed by atoms with van der Waals surface area (Å²) >= 11 is 0. The molecule has 2 fully saturated rings. The van der Waals surface area contributed by atoms with Crippen molar-refractivity contribution in [3.05, 3.63) is 47.8 Å². The predicted octanol–water partition coefficient (Wildman–Crippen LogP) is 2.12. The van der Waals surface area contributed by atoms with Gasteiger partial charge < -0.3 is 14.9 Å². The van der Waals surface area contributed by atoms with Gasteiger partial charge in [-0.25, -0.2) is 0 Å². The van der Waals surface area contributed by atoms with Crippen LogP contribution in [0, 0.1) is 22.7 Å². The van der Waals surface area contributed by atoms with E-state index in [0.717, 1.165) is 6.07 Å². The third-order valence-corrected chi connectivity index (χ3v) is 6.45. The van der Waals surface area contributed by atoms with Crippen LogP contribution >= 0.6 is 0 Å². The number of piperidine rings is 1. The molecule has 1 amide bonds. The van der Waals surface area contributed by atoms with Crippen LogP contribution in [0.1, 0.15) is 17.5 Å². The average Bonchev–Trinajstić information content (AvgIpc) is 3.40. The quantitative estimate of drug-likeness (QED) is 0.799. The number of benzene rings is 1. The normalized spacial score (nSPS) is 23.5. The third-order valence-electron chi connectivity index (χ3n) is 6.45. The maximum absolute atomic E-state index is 13.4. The Hall–Kier alpha value is -3.06. The molecule has 2 saturated heterocycles. The highest BCUT2D eigenvalue weighted by molar-refractivity contribution is 5.76. The van der Waals surface area contributed by atoms with Gasteiger partial charge in [-0.15, -0.1) is 0 Å². The van der Waals surface area contributed by atoms with E-state index in [9.17, 15) is 23.1 Å². The summed E-state index contributed by atoms with van der Waals surface area (Å²) in [4.78, 5) is 16.3. The molecule has 2 aliphatic heterocycles. The van der Waals surface area contributed by atoms with Crippen LogP contribution in [0.15, 0.2) is 36.7 Å². The van der Waals surface area contributed by atoms with Crippen molar-refractivity contribution >= 4 is 11.6 Å². The van der Waals surface area contributed by atoms with E-state index in [1.807, 2.05) is 4.90 Å². The SMILES string of the molecule is N#Cc1ccc(N2CC[C@@]3(CO)CN(C(=O)Cn4cccn4)C[C@H]3C2)cc1C(F)(F)F. The Morgan fingerprint density at radius 1 is 1.35 bits per heavy atom. The smallest absolute Gasteiger partial charge is 0.396 e. The van der Waals surface area contributed by atoms with Crippen molar-refractivity contribution in [2.75, 3.05) is 37.7 Å². The number of likely N-dealkylation sites (tertiary alicyclic amines) is 1. The molecule has 31 heavy (non-hydrogen) atoms. The Bertz CT molecular complexity index is 1000. The van der Waals surface area contributed by atoms with Crippen LogP contribution in [-0.4, -0.2) is 58.5 Å². The van der Waals surface area contributed by atoms with Crippen LogP contribution in [0.5, 0.6) is 0 Å². The van der Waals surface area contributed by atoms with Crippen LogP contribution in [0.3, 0.4) is 0 Å². The number of nitriles is 1. The minimum atomic E-state index is -4.62. The van der Waals surface area contributed by atoms with Gasteiger partial charge in [0.15, 0.2) is 0 Å². The Morgan fingerprint density at radius 2 is 2.16 bits per heavy atom. The number of aliphatic hydroxyl groups is 1. The molecule has 3 heterocycles. The first-order valence-corrected chi connectivity index (χ1v) is 9.98. The summed E-state index contributed by atoms with van der Waals surface area (Å²) in [5, 5.41) is 23.2. The van der Waals surface area contributed by atoms with E-state index in [-0.39, 0.29) is 25.0 Å². The van der Waals surface area contributed by atoms with Gasteiger partial charge in [-0.3, -0.25) is 9.48 Å². The molecule has 0 saturated carbocycles. The molecule has 0 unspecified atom stereocenters. The number of carbonyl (C=O) groups is 1. The van der Waals surface area contributed by atoms with Crippen molar-refractivity contribution in [1.29, 1.82) is 5.26 Å². The lowest BCUT2D eigenvalue weighted by molar-refractivity contribution is -0.137. The lowest BCUT2D eigenvalue weighted by Gasteiger charge is -2.43. The second-order valence-corrected chi connectivity index (χ2v) is 8.23. The van der Waals surface area contributed by atoms with E-state index >= 15 is 0 Å². The number of halogens is 3. The number of nitrogens with zero attached hydrogens (tertiary/aromatic N) is 5. The van der Waals surface area contributed by atoms with E-state index in [0.29, 0.717) is 38.3 Å². The molecule has 164 valence electrons. The number of carbonyl (C=O) groups excluding carboxylic acids is 1. The van der Waals surface area contributed by atoms with Gasteiger partial charge in [0.2, 0.25) is 5.91 Å². The molecule has 0 bridgehead atoms.